The van der Waals surface area contributed by atoms with Gasteiger partial charge >= 0.3 is 0 Å². The fourth-order valence-electron chi connectivity index (χ4n) is 5.02. The number of rotatable bonds is 5. The molecule has 3 aromatic rings. The van der Waals surface area contributed by atoms with Crippen LogP contribution in [-0.4, -0.2) is 28.4 Å². The van der Waals surface area contributed by atoms with Gasteiger partial charge in [-0.05, 0) is 66.6 Å². The fraction of sp³-hybridized carbons (Fsp3) is 0.333. The van der Waals surface area contributed by atoms with Crippen molar-refractivity contribution >= 4 is 28.8 Å². The number of hydrogen-bond acceptors (Lipinski definition) is 4. The number of pyridine rings is 1. The average Bonchev–Trinajstić information content (AvgIpc) is 3.24. The van der Waals surface area contributed by atoms with Crippen molar-refractivity contribution in [2.45, 2.75) is 50.7 Å². The molecule has 1 aliphatic carbocycles. The van der Waals surface area contributed by atoms with Crippen LogP contribution in [0.5, 0.6) is 5.88 Å². The van der Waals surface area contributed by atoms with Gasteiger partial charge in [-0.2, -0.15) is 0 Å². The van der Waals surface area contributed by atoms with E-state index in [9.17, 15) is 4.79 Å². The van der Waals surface area contributed by atoms with Gasteiger partial charge in [-0.25, -0.2) is 4.98 Å². The fourth-order valence-corrected chi connectivity index (χ4v) is 6.38. The number of thiophene rings is 1. The maximum absolute atomic E-state index is 12.5. The highest BCUT2D eigenvalue weighted by molar-refractivity contribution is 7.16. The summed E-state index contributed by atoms with van der Waals surface area (Å²) in [5.74, 6) is 0.644. The van der Waals surface area contributed by atoms with Crippen LogP contribution in [0.3, 0.4) is 0 Å². The van der Waals surface area contributed by atoms with Crippen molar-refractivity contribution < 1.29 is 9.53 Å². The molecule has 1 atom stereocenters. The largest absolute Gasteiger partial charge is 0.474 e. The van der Waals surface area contributed by atoms with Gasteiger partial charge in [0.1, 0.15) is 6.10 Å². The highest BCUT2D eigenvalue weighted by Gasteiger charge is 2.32. The predicted octanol–water partition coefficient (Wildman–Crippen LogP) is 6.84. The number of benzene rings is 1. The van der Waals surface area contributed by atoms with Crippen LogP contribution >= 0.6 is 22.9 Å². The first kappa shape index (κ1) is 22.2. The van der Waals surface area contributed by atoms with Crippen molar-refractivity contribution in [1.29, 1.82) is 0 Å². The zero-order chi connectivity index (χ0) is 22.8. The summed E-state index contributed by atoms with van der Waals surface area (Å²) in [7, 11) is 0. The summed E-state index contributed by atoms with van der Waals surface area (Å²) in [6.45, 7) is 4.84. The molecule has 1 aromatic carbocycles. The lowest BCUT2D eigenvalue weighted by Crippen LogP contribution is -2.37. The molecule has 1 fully saturated rings. The molecule has 170 valence electrons. The topological polar surface area (TPSA) is 42.4 Å². The third kappa shape index (κ3) is 4.57. The maximum atomic E-state index is 12.5. The van der Waals surface area contributed by atoms with Crippen molar-refractivity contribution in [1.82, 2.24) is 9.88 Å². The smallest absolute Gasteiger partial charge is 0.246 e. The van der Waals surface area contributed by atoms with E-state index in [0.29, 0.717) is 19.0 Å². The first-order valence-corrected chi connectivity index (χ1v) is 12.7. The minimum absolute atomic E-state index is 0.0142. The number of carbonyl (C=O) groups is 1. The molecule has 1 saturated carbocycles. The van der Waals surface area contributed by atoms with Crippen LogP contribution < -0.4 is 4.74 Å². The van der Waals surface area contributed by atoms with Crippen molar-refractivity contribution in [2.24, 2.45) is 0 Å². The first-order chi connectivity index (χ1) is 16.1. The molecule has 0 unspecified atom stereocenters. The number of hydrogen-bond donors (Lipinski definition) is 0. The minimum atomic E-state index is -0.0599. The van der Waals surface area contributed by atoms with Crippen LogP contribution in [0.25, 0.3) is 11.1 Å². The molecular formula is C27H27ClN2O2S. The summed E-state index contributed by atoms with van der Waals surface area (Å²) >= 11 is 7.97. The van der Waals surface area contributed by atoms with Crippen molar-refractivity contribution in [3.63, 3.8) is 0 Å². The normalized spacial score (nSPS) is 18.6. The zero-order valence-electron chi connectivity index (χ0n) is 18.5. The number of aromatic nitrogens is 1. The summed E-state index contributed by atoms with van der Waals surface area (Å²) < 4.78 is 7.17. The lowest BCUT2D eigenvalue weighted by Gasteiger charge is -2.33. The van der Waals surface area contributed by atoms with Crippen molar-refractivity contribution in [3.8, 4) is 17.0 Å². The third-order valence-corrected chi connectivity index (χ3v) is 7.90. The van der Waals surface area contributed by atoms with Crippen LogP contribution in [0.1, 0.15) is 54.0 Å². The molecule has 2 aromatic heterocycles. The highest BCUT2D eigenvalue weighted by Crippen LogP contribution is 2.44. The number of halogens is 1. The molecule has 0 N–H and O–H groups in total. The van der Waals surface area contributed by atoms with Crippen LogP contribution in [-0.2, 0) is 11.3 Å². The van der Waals surface area contributed by atoms with E-state index in [1.54, 1.807) is 17.5 Å². The van der Waals surface area contributed by atoms with Crippen LogP contribution in [0, 0.1) is 0 Å². The van der Waals surface area contributed by atoms with E-state index in [0.717, 1.165) is 38.7 Å². The predicted molar refractivity (Wildman–Crippen MR) is 134 cm³/mol. The monoisotopic (exact) mass is 478 g/mol. The summed E-state index contributed by atoms with van der Waals surface area (Å²) in [6.07, 6.45) is 9.26. The Kier molecular flexibility index (Phi) is 6.52. The van der Waals surface area contributed by atoms with E-state index in [4.69, 9.17) is 16.3 Å². The Morgan fingerprint density at radius 1 is 1.12 bits per heavy atom. The lowest BCUT2D eigenvalue weighted by atomic mass is 9.84. The molecule has 6 heteroatoms. The number of carbonyl (C=O) groups excluding carboxylic acids is 1. The quantitative estimate of drug-likeness (QED) is 0.377. The Hall–Kier alpha value is -2.63. The highest BCUT2D eigenvalue weighted by atomic mass is 35.5. The van der Waals surface area contributed by atoms with Gasteiger partial charge in [0.05, 0.1) is 10.9 Å². The number of amides is 1. The Balaban J connectivity index is 1.56. The van der Waals surface area contributed by atoms with Crippen LogP contribution in [0.4, 0.5) is 0 Å². The first-order valence-electron chi connectivity index (χ1n) is 11.5. The molecule has 5 rings (SSSR count). The second kappa shape index (κ2) is 9.70. The number of fused-ring (bicyclic) bond motifs is 1. The molecule has 0 bridgehead atoms. The third-order valence-electron chi connectivity index (χ3n) is 6.64. The Bertz CT molecular complexity index is 1170. The van der Waals surface area contributed by atoms with Gasteiger partial charge in [0, 0.05) is 29.1 Å². The summed E-state index contributed by atoms with van der Waals surface area (Å²) in [5.41, 5.74) is 4.43. The number of nitrogens with zero attached hydrogens (tertiary/aromatic N) is 2. The molecular weight excluding hydrogens is 452 g/mol. The van der Waals surface area contributed by atoms with E-state index >= 15 is 0 Å². The Morgan fingerprint density at radius 2 is 1.91 bits per heavy atom. The van der Waals surface area contributed by atoms with E-state index < -0.39 is 0 Å². The average molecular weight is 479 g/mol. The summed E-state index contributed by atoms with van der Waals surface area (Å²) in [4.78, 5) is 20.1. The SMILES string of the molecule is C=CC(=O)N1Cc2sc(Cl)cc2[C@@H](c2ccccc2-c2cccnc2OC2CCCCC2)C1. The molecule has 0 radical (unpaired) electrons. The molecule has 33 heavy (non-hydrogen) atoms. The van der Waals surface area contributed by atoms with E-state index in [1.807, 2.05) is 17.0 Å². The second-order valence-electron chi connectivity index (χ2n) is 8.73. The standard InChI is InChI=1S/C27H27ClN2O2S/c1-2-26(31)30-16-23(22-15-25(28)33-24(22)17-30)20-12-7-6-11-19(20)21-13-8-14-29-27(21)32-18-9-4-3-5-10-18/h2,6-8,11-15,18,23H,1,3-5,9-10,16-17H2/t23-/m1/s1. The van der Waals surface area contributed by atoms with Crippen LogP contribution in [0.15, 0.2) is 61.3 Å². The summed E-state index contributed by atoms with van der Waals surface area (Å²) in [6, 6.07) is 14.5. The van der Waals surface area contributed by atoms with E-state index in [1.165, 1.54) is 30.9 Å². The van der Waals surface area contributed by atoms with Gasteiger partial charge in [0.25, 0.3) is 0 Å². The van der Waals surface area contributed by atoms with Gasteiger partial charge < -0.3 is 9.64 Å². The van der Waals surface area contributed by atoms with Gasteiger partial charge in [-0.3, -0.25) is 4.79 Å². The molecule has 1 aliphatic heterocycles. The summed E-state index contributed by atoms with van der Waals surface area (Å²) in [5, 5.41) is 0. The zero-order valence-corrected chi connectivity index (χ0v) is 20.1. The van der Waals surface area contributed by atoms with E-state index in [2.05, 4.69) is 41.9 Å². The minimum Gasteiger partial charge on any atom is -0.474 e. The van der Waals surface area contributed by atoms with Crippen LogP contribution in [0.2, 0.25) is 4.34 Å². The molecule has 3 heterocycles. The van der Waals surface area contributed by atoms with Gasteiger partial charge in [-0.1, -0.05) is 48.9 Å². The molecule has 0 spiro atoms. The molecule has 1 amide bonds. The number of ether oxygens (including phenoxy) is 1. The van der Waals surface area contributed by atoms with E-state index in [-0.39, 0.29) is 17.9 Å². The molecule has 0 saturated heterocycles. The van der Waals surface area contributed by atoms with Crippen molar-refractivity contribution in [2.75, 3.05) is 6.54 Å². The van der Waals surface area contributed by atoms with Gasteiger partial charge in [-0.15, -0.1) is 11.3 Å². The molecule has 4 nitrogen and oxygen atoms in total. The van der Waals surface area contributed by atoms with Crippen molar-refractivity contribution in [3.05, 3.63) is 81.7 Å². The van der Waals surface area contributed by atoms with Gasteiger partial charge in [0.2, 0.25) is 11.8 Å². The van der Waals surface area contributed by atoms with Gasteiger partial charge in [0.15, 0.2) is 0 Å². The second-order valence-corrected chi connectivity index (χ2v) is 10.5. The Labute approximate surface area is 203 Å². The molecule has 2 aliphatic rings. The lowest BCUT2D eigenvalue weighted by molar-refractivity contribution is -0.127. The Morgan fingerprint density at radius 3 is 2.73 bits per heavy atom. The maximum Gasteiger partial charge on any atom is 0.246 e.